The molecule has 10 heteroatoms. The van der Waals surface area contributed by atoms with Crippen molar-refractivity contribution in [3.8, 4) is 5.88 Å². The summed E-state index contributed by atoms with van der Waals surface area (Å²) in [5, 5.41) is 11.2. The lowest BCUT2D eigenvalue weighted by Gasteiger charge is -2.30. The highest BCUT2D eigenvalue weighted by Crippen LogP contribution is 2.31. The van der Waals surface area contributed by atoms with Crippen LogP contribution in [-0.4, -0.2) is 57.8 Å². The first-order valence-electron chi connectivity index (χ1n) is 9.17. The topological polar surface area (TPSA) is 121 Å². The molecule has 2 rings (SSSR count). The van der Waals surface area contributed by atoms with Crippen molar-refractivity contribution in [1.82, 2.24) is 15.0 Å². The van der Waals surface area contributed by atoms with Gasteiger partial charge in [-0.1, -0.05) is 27.7 Å². The summed E-state index contributed by atoms with van der Waals surface area (Å²) >= 11 is 0. The van der Waals surface area contributed by atoms with Gasteiger partial charge in [0, 0.05) is 31.3 Å². The van der Waals surface area contributed by atoms with E-state index in [0.29, 0.717) is 44.2 Å². The van der Waals surface area contributed by atoms with Gasteiger partial charge in [-0.25, -0.2) is 9.29 Å². The third-order valence-electron chi connectivity index (χ3n) is 3.83. The minimum absolute atomic E-state index is 0.0911. The van der Waals surface area contributed by atoms with Crippen LogP contribution in [0.2, 0.25) is 0 Å². The lowest BCUT2D eigenvalue weighted by atomic mass is 9.95. The highest BCUT2D eigenvalue weighted by Gasteiger charge is 2.29. The molecular formula is C18H32N4O5S. The second-order valence-corrected chi connectivity index (χ2v) is 9.51. The SMILES string of the molecule is CC(C)(CO)CNC=O.Cc1cnc2c(c1)N(S(=O)(=O)NCC(C)C)CCO2. The molecule has 1 aromatic rings. The van der Waals surface area contributed by atoms with Crippen LogP contribution in [0.15, 0.2) is 12.3 Å². The van der Waals surface area contributed by atoms with Crippen LogP contribution in [0.25, 0.3) is 0 Å². The number of aryl methyl sites for hydroxylation is 1. The van der Waals surface area contributed by atoms with Crippen molar-refractivity contribution in [2.75, 3.05) is 37.2 Å². The zero-order chi connectivity index (χ0) is 21.4. The van der Waals surface area contributed by atoms with Crippen molar-refractivity contribution in [1.29, 1.82) is 0 Å². The molecule has 0 aliphatic carbocycles. The van der Waals surface area contributed by atoms with Gasteiger partial charge in [-0.2, -0.15) is 13.1 Å². The van der Waals surface area contributed by atoms with E-state index in [4.69, 9.17) is 9.84 Å². The quantitative estimate of drug-likeness (QED) is 0.540. The monoisotopic (exact) mass is 416 g/mol. The maximum absolute atomic E-state index is 12.3. The molecule has 0 fully saturated rings. The van der Waals surface area contributed by atoms with Gasteiger partial charge in [0.15, 0.2) is 0 Å². The normalized spacial score (nSPS) is 13.9. The molecule has 0 bridgehead atoms. The largest absolute Gasteiger partial charge is 0.474 e. The fraction of sp³-hybridized carbons (Fsp3) is 0.667. The number of aliphatic hydroxyl groups excluding tert-OH is 1. The molecule has 0 atom stereocenters. The zero-order valence-corrected chi connectivity index (χ0v) is 18.0. The number of aliphatic hydroxyl groups is 1. The van der Waals surface area contributed by atoms with Crippen LogP contribution in [0.3, 0.4) is 0 Å². The average molecular weight is 417 g/mol. The van der Waals surface area contributed by atoms with E-state index >= 15 is 0 Å². The number of pyridine rings is 1. The van der Waals surface area contributed by atoms with E-state index in [9.17, 15) is 13.2 Å². The van der Waals surface area contributed by atoms with E-state index in [-0.39, 0.29) is 17.9 Å². The van der Waals surface area contributed by atoms with Crippen LogP contribution in [0.5, 0.6) is 5.88 Å². The molecule has 28 heavy (non-hydrogen) atoms. The first-order chi connectivity index (χ1) is 13.0. The summed E-state index contributed by atoms with van der Waals surface area (Å²) < 4.78 is 33.9. The Morgan fingerprint density at radius 1 is 1.43 bits per heavy atom. The fourth-order valence-electron chi connectivity index (χ4n) is 2.15. The average Bonchev–Trinajstić information content (AvgIpc) is 2.65. The number of fused-ring (bicyclic) bond motifs is 1. The van der Waals surface area contributed by atoms with Crippen LogP contribution in [0.1, 0.15) is 33.3 Å². The number of rotatable bonds is 8. The van der Waals surface area contributed by atoms with Gasteiger partial charge in [-0.15, -0.1) is 0 Å². The number of amides is 1. The van der Waals surface area contributed by atoms with Gasteiger partial charge < -0.3 is 15.2 Å². The van der Waals surface area contributed by atoms with E-state index in [2.05, 4.69) is 15.0 Å². The number of nitrogens with one attached hydrogen (secondary N) is 2. The lowest BCUT2D eigenvalue weighted by Crippen LogP contribution is -2.46. The molecule has 0 spiro atoms. The van der Waals surface area contributed by atoms with Crippen molar-refractivity contribution < 1.29 is 23.1 Å². The second kappa shape index (κ2) is 10.6. The molecule has 0 radical (unpaired) electrons. The Morgan fingerprint density at radius 2 is 2.11 bits per heavy atom. The van der Waals surface area contributed by atoms with Gasteiger partial charge in [0.1, 0.15) is 12.3 Å². The van der Waals surface area contributed by atoms with Crippen LogP contribution in [0, 0.1) is 18.3 Å². The van der Waals surface area contributed by atoms with Crippen molar-refractivity contribution in [3.63, 3.8) is 0 Å². The van der Waals surface area contributed by atoms with E-state index in [1.165, 1.54) is 4.31 Å². The van der Waals surface area contributed by atoms with Crippen molar-refractivity contribution in [3.05, 3.63) is 17.8 Å². The summed E-state index contributed by atoms with van der Waals surface area (Å²) in [6.45, 7) is 11.2. The molecule has 1 aliphatic heterocycles. The molecule has 0 aromatic carbocycles. The molecule has 3 N–H and O–H groups in total. The number of ether oxygens (including phenoxy) is 1. The number of anilines is 1. The summed E-state index contributed by atoms with van der Waals surface area (Å²) in [5.41, 5.74) is 1.21. The van der Waals surface area contributed by atoms with Gasteiger partial charge in [-0.3, -0.25) is 4.79 Å². The Morgan fingerprint density at radius 3 is 2.68 bits per heavy atom. The van der Waals surface area contributed by atoms with Gasteiger partial charge in [0.2, 0.25) is 12.3 Å². The zero-order valence-electron chi connectivity index (χ0n) is 17.2. The minimum Gasteiger partial charge on any atom is -0.474 e. The molecule has 0 unspecified atom stereocenters. The maximum atomic E-state index is 12.3. The number of aromatic nitrogens is 1. The smallest absolute Gasteiger partial charge is 0.301 e. The maximum Gasteiger partial charge on any atom is 0.301 e. The Balaban J connectivity index is 0.000000370. The highest BCUT2D eigenvalue weighted by atomic mass is 32.2. The third kappa shape index (κ3) is 7.61. The predicted octanol–water partition coefficient (Wildman–Crippen LogP) is 0.830. The van der Waals surface area contributed by atoms with Gasteiger partial charge in [-0.05, 0) is 24.5 Å². The Kier molecular flexibility index (Phi) is 9.12. The molecular weight excluding hydrogens is 384 g/mol. The summed E-state index contributed by atoms with van der Waals surface area (Å²) in [7, 11) is -3.55. The molecule has 160 valence electrons. The number of hydrogen-bond acceptors (Lipinski definition) is 6. The molecule has 0 saturated heterocycles. The van der Waals surface area contributed by atoms with Gasteiger partial charge >= 0.3 is 10.2 Å². The lowest BCUT2D eigenvalue weighted by molar-refractivity contribution is -0.110. The summed E-state index contributed by atoms with van der Waals surface area (Å²) in [5.74, 6) is 0.623. The molecule has 9 nitrogen and oxygen atoms in total. The van der Waals surface area contributed by atoms with Crippen LogP contribution in [0.4, 0.5) is 5.69 Å². The Labute approximate surface area is 167 Å². The molecule has 2 heterocycles. The molecule has 1 aromatic heterocycles. The first kappa shape index (κ1) is 24.1. The first-order valence-corrected chi connectivity index (χ1v) is 10.6. The Bertz CT molecular complexity index is 737. The van der Waals surface area contributed by atoms with Crippen molar-refractivity contribution >= 4 is 22.3 Å². The summed E-state index contributed by atoms with van der Waals surface area (Å²) in [4.78, 5) is 13.9. The summed E-state index contributed by atoms with van der Waals surface area (Å²) in [6.07, 6.45) is 2.30. The predicted molar refractivity (Wildman–Crippen MR) is 109 cm³/mol. The highest BCUT2D eigenvalue weighted by molar-refractivity contribution is 7.90. The number of carbonyl (C=O) groups is 1. The van der Waals surface area contributed by atoms with E-state index < -0.39 is 10.2 Å². The molecule has 1 amide bonds. The summed E-state index contributed by atoms with van der Waals surface area (Å²) in [6, 6.07) is 1.77. The van der Waals surface area contributed by atoms with E-state index in [1.807, 2.05) is 34.6 Å². The standard InChI is InChI=1S/C12H19N3O3S.C6H13NO2/c1-9(2)7-14-19(16,17)15-4-5-18-12-11(15)6-10(3)8-13-12;1-6(2,4-8)3-7-5-9/h6,8-9,14H,4-5,7H2,1-3H3;5,8H,3-4H2,1-2H3,(H,7,9). The number of nitrogens with zero attached hydrogens (tertiary/aromatic N) is 2. The second-order valence-electron chi connectivity index (χ2n) is 7.83. The third-order valence-corrected chi connectivity index (χ3v) is 5.32. The van der Waals surface area contributed by atoms with Crippen LogP contribution >= 0.6 is 0 Å². The van der Waals surface area contributed by atoms with Crippen LogP contribution < -0.4 is 19.1 Å². The fourth-order valence-corrected chi connectivity index (χ4v) is 3.55. The Hall–Kier alpha value is -1.91. The molecule has 0 saturated carbocycles. The van der Waals surface area contributed by atoms with Crippen molar-refractivity contribution in [2.24, 2.45) is 11.3 Å². The van der Waals surface area contributed by atoms with E-state index in [1.54, 1.807) is 12.3 Å². The molecule has 1 aliphatic rings. The van der Waals surface area contributed by atoms with Crippen molar-refractivity contribution in [2.45, 2.75) is 34.6 Å². The van der Waals surface area contributed by atoms with Gasteiger partial charge in [0.05, 0.1) is 6.54 Å². The van der Waals surface area contributed by atoms with Crippen LogP contribution in [-0.2, 0) is 15.0 Å². The minimum atomic E-state index is -3.55. The van der Waals surface area contributed by atoms with Gasteiger partial charge in [0.25, 0.3) is 0 Å². The van der Waals surface area contributed by atoms with E-state index in [0.717, 1.165) is 5.56 Å². The number of hydrogen-bond donors (Lipinski definition) is 3. The number of carbonyl (C=O) groups excluding carboxylic acids is 1.